The molecule has 4 aromatic heterocycles. The van der Waals surface area contributed by atoms with Crippen molar-refractivity contribution >= 4 is 34.4 Å². The van der Waals surface area contributed by atoms with Gasteiger partial charge in [-0.3, -0.25) is 4.98 Å². The number of methoxy groups -OCH3 is 2. The van der Waals surface area contributed by atoms with Gasteiger partial charge in [-0.05, 0) is 25.1 Å². The molecule has 3 N–H and O–H groups in total. The molecule has 0 saturated carbocycles. The van der Waals surface area contributed by atoms with E-state index < -0.39 is 18.2 Å². The van der Waals surface area contributed by atoms with Crippen LogP contribution in [0, 0.1) is 0 Å². The smallest absolute Gasteiger partial charge is 0.328 e. The van der Waals surface area contributed by atoms with Crippen LogP contribution in [0.1, 0.15) is 30.0 Å². The first-order chi connectivity index (χ1) is 21.2. The van der Waals surface area contributed by atoms with Gasteiger partial charge in [-0.15, -0.1) is 0 Å². The number of benzene rings is 1. The monoisotopic (exact) mass is 600 g/mol. The molecule has 0 radical (unpaired) electrons. The summed E-state index contributed by atoms with van der Waals surface area (Å²) in [5.74, 6) is 1.65. The molecular formula is C29H32N10O5. The normalized spacial score (nSPS) is 16.7. The van der Waals surface area contributed by atoms with Gasteiger partial charge in [0.2, 0.25) is 0 Å². The average Bonchev–Trinajstić information content (AvgIpc) is 3.64. The van der Waals surface area contributed by atoms with E-state index in [1.54, 1.807) is 33.5 Å². The summed E-state index contributed by atoms with van der Waals surface area (Å²) >= 11 is 0. The van der Waals surface area contributed by atoms with Crippen molar-refractivity contribution < 1.29 is 24.1 Å². The quantitative estimate of drug-likeness (QED) is 0.261. The predicted octanol–water partition coefficient (Wildman–Crippen LogP) is 3.28. The second-order valence-corrected chi connectivity index (χ2v) is 10.4. The van der Waals surface area contributed by atoms with Crippen molar-refractivity contribution in [2.24, 2.45) is 7.05 Å². The van der Waals surface area contributed by atoms with Crippen molar-refractivity contribution in [2.75, 3.05) is 31.5 Å². The van der Waals surface area contributed by atoms with E-state index in [4.69, 9.17) is 19.2 Å². The van der Waals surface area contributed by atoms with E-state index in [0.717, 1.165) is 5.56 Å². The van der Waals surface area contributed by atoms with Crippen molar-refractivity contribution in [2.45, 2.75) is 32.2 Å². The summed E-state index contributed by atoms with van der Waals surface area (Å²) < 4.78 is 18.5. The summed E-state index contributed by atoms with van der Waals surface area (Å²) in [4.78, 5) is 30.7. The molecule has 0 spiro atoms. The Balaban J connectivity index is 1.44. The first-order valence-electron chi connectivity index (χ1n) is 13.8. The minimum atomic E-state index is -0.651. The lowest BCUT2D eigenvalue weighted by Gasteiger charge is -2.24. The van der Waals surface area contributed by atoms with Crippen LogP contribution >= 0.6 is 0 Å². The van der Waals surface area contributed by atoms with Crippen LogP contribution in [0.3, 0.4) is 0 Å². The highest BCUT2D eigenvalue weighted by Crippen LogP contribution is 2.34. The Morgan fingerprint density at radius 1 is 1.16 bits per heavy atom. The number of hydrogen-bond acceptors (Lipinski definition) is 12. The minimum Gasteiger partial charge on any atom is -0.504 e. The molecule has 15 heteroatoms. The third kappa shape index (κ3) is 5.51. The van der Waals surface area contributed by atoms with Crippen molar-refractivity contribution in [1.29, 1.82) is 0 Å². The molecule has 1 aliphatic heterocycles. The second-order valence-electron chi connectivity index (χ2n) is 10.4. The Labute approximate surface area is 252 Å². The SMILES string of the molecule is COc1ccc(CN(C)c2cc3nc4c2ncn4C(=O)N[C@@H](C)[C@H](c2cnn(C)n2)OCc2cc(c(O)cn2)N3)c(OC)c1. The van der Waals surface area contributed by atoms with Gasteiger partial charge in [-0.25, -0.2) is 19.3 Å². The number of aromatic hydroxyl groups is 1. The van der Waals surface area contributed by atoms with Crippen molar-refractivity contribution in [3.05, 3.63) is 66.0 Å². The molecule has 0 unspecified atom stereocenters. The van der Waals surface area contributed by atoms with E-state index in [1.165, 1.54) is 21.9 Å². The Kier molecular flexibility index (Phi) is 7.61. The summed E-state index contributed by atoms with van der Waals surface area (Å²) in [6, 6.07) is 8.14. The zero-order valence-electron chi connectivity index (χ0n) is 24.8. The van der Waals surface area contributed by atoms with E-state index in [-0.39, 0.29) is 12.4 Å². The minimum absolute atomic E-state index is 0.0780. The van der Waals surface area contributed by atoms with Crippen LogP contribution in [0.2, 0.25) is 0 Å². The fourth-order valence-electron chi connectivity index (χ4n) is 5.10. The van der Waals surface area contributed by atoms with Gasteiger partial charge in [-0.1, -0.05) is 0 Å². The first-order valence-corrected chi connectivity index (χ1v) is 13.8. The molecule has 15 nitrogen and oxygen atoms in total. The maximum atomic E-state index is 13.7. The van der Waals surface area contributed by atoms with Crippen molar-refractivity contribution in [1.82, 2.24) is 39.8 Å². The number of nitrogens with one attached hydrogen (secondary N) is 2. The third-order valence-corrected chi connectivity index (χ3v) is 7.34. The summed E-state index contributed by atoms with van der Waals surface area (Å²) in [5.41, 5.74) is 3.87. The number of nitrogens with zero attached hydrogens (tertiary/aromatic N) is 8. The number of anilines is 3. The molecule has 5 aromatic rings. The fraction of sp³-hybridized carbons (Fsp3) is 0.310. The largest absolute Gasteiger partial charge is 0.504 e. The van der Waals surface area contributed by atoms with Gasteiger partial charge in [0.25, 0.3) is 0 Å². The predicted molar refractivity (Wildman–Crippen MR) is 160 cm³/mol. The van der Waals surface area contributed by atoms with Crippen molar-refractivity contribution in [3.8, 4) is 17.2 Å². The summed E-state index contributed by atoms with van der Waals surface area (Å²) in [5, 5.41) is 25.4. The van der Waals surface area contributed by atoms with E-state index in [0.29, 0.717) is 57.8 Å². The molecule has 0 fully saturated rings. The molecular weight excluding hydrogens is 568 g/mol. The van der Waals surface area contributed by atoms with Crippen LogP contribution in [0.5, 0.6) is 17.2 Å². The number of imidazole rings is 1. The van der Waals surface area contributed by atoms with Gasteiger partial charge in [-0.2, -0.15) is 15.0 Å². The maximum Gasteiger partial charge on any atom is 0.328 e. The number of carbonyl (C=O) groups excluding carboxylic acids is 1. The highest BCUT2D eigenvalue weighted by Gasteiger charge is 2.27. The van der Waals surface area contributed by atoms with Gasteiger partial charge in [0.15, 0.2) is 11.4 Å². The van der Waals surface area contributed by atoms with Crippen LogP contribution in [-0.2, 0) is 24.9 Å². The molecule has 4 bridgehead atoms. The first kappa shape index (κ1) is 28.7. The number of pyridine rings is 2. The fourth-order valence-corrected chi connectivity index (χ4v) is 5.10. The van der Waals surface area contributed by atoms with E-state index >= 15 is 0 Å². The molecule has 0 saturated heterocycles. The van der Waals surface area contributed by atoms with Crippen LogP contribution in [0.4, 0.5) is 22.0 Å². The molecule has 1 amide bonds. The average molecular weight is 601 g/mol. The molecule has 6 rings (SSSR count). The lowest BCUT2D eigenvalue weighted by atomic mass is 10.1. The Bertz CT molecular complexity index is 1840. The number of amides is 1. The number of fused-ring (bicyclic) bond motifs is 3. The number of rotatable bonds is 6. The maximum absolute atomic E-state index is 13.7. The van der Waals surface area contributed by atoms with Crippen LogP contribution < -0.4 is 25.0 Å². The lowest BCUT2D eigenvalue weighted by molar-refractivity contribution is 0.0151. The number of ether oxygens (including phenoxy) is 3. The zero-order chi connectivity index (χ0) is 31.0. The van der Waals surface area contributed by atoms with Crippen LogP contribution in [0.15, 0.2) is 49.1 Å². The number of hydrogen-bond donors (Lipinski definition) is 3. The number of aryl methyl sites for hydroxylation is 1. The topological polar surface area (TPSA) is 167 Å². The summed E-state index contributed by atoms with van der Waals surface area (Å²) in [6.07, 6.45) is 3.72. The zero-order valence-corrected chi connectivity index (χ0v) is 24.8. The molecule has 2 atom stereocenters. The van der Waals surface area contributed by atoms with E-state index in [2.05, 4.69) is 30.8 Å². The summed E-state index contributed by atoms with van der Waals surface area (Å²) in [6.45, 7) is 2.35. The van der Waals surface area contributed by atoms with Gasteiger partial charge >= 0.3 is 6.03 Å². The molecule has 44 heavy (non-hydrogen) atoms. The standard InChI is InChI=1S/C29H32N10O5/c1-16-27(21-11-32-38(3)36-21)44-14-18-8-20(23(40)12-30-18)34-25-10-22(26-28(35-25)39(15-31-26)29(41)33-16)37(2)13-17-6-7-19(42-4)9-24(17)43-5/h6-12,15-16,27,40H,13-14H2,1-5H3,(H,33,41)(H,34,35)/t16-,27+/m0/s1. The molecule has 1 aliphatic rings. The second kappa shape index (κ2) is 11.7. The Morgan fingerprint density at radius 3 is 2.75 bits per heavy atom. The third-order valence-electron chi connectivity index (χ3n) is 7.34. The van der Waals surface area contributed by atoms with Gasteiger partial charge in [0.1, 0.15) is 41.0 Å². The molecule has 5 heterocycles. The van der Waals surface area contributed by atoms with Crippen LogP contribution in [-0.4, -0.2) is 73.0 Å². The number of aromatic nitrogens is 7. The summed E-state index contributed by atoms with van der Waals surface area (Å²) in [7, 11) is 6.82. The Morgan fingerprint density at radius 2 is 2.00 bits per heavy atom. The van der Waals surface area contributed by atoms with Crippen molar-refractivity contribution in [3.63, 3.8) is 0 Å². The van der Waals surface area contributed by atoms with Gasteiger partial charge < -0.3 is 34.9 Å². The van der Waals surface area contributed by atoms with Crippen LogP contribution in [0.25, 0.3) is 11.2 Å². The van der Waals surface area contributed by atoms with Gasteiger partial charge in [0.05, 0.1) is 56.3 Å². The Hall–Kier alpha value is -5.44. The highest BCUT2D eigenvalue weighted by molar-refractivity contribution is 5.95. The van der Waals surface area contributed by atoms with E-state index in [9.17, 15) is 9.90 Å². The highest BCUT2D eigenvalue weighted by atomic mass is 16.5. The number of carbonyl (C=O) groups is 1. The molecule has 228 valence electrons. The molecule has 0 aliphatic carbocycles. The lowest BCUT2D eigenvalue weighted by Crippen LogP contribution is -2.40. The molecule has 1 aromatic carbocycles. The van der Waals surface area contributed by atoms with Gasteiger partial charge in [0, 0.05) is 38.3 Å². The van der Waals surface area contributed by atoms with E-state index in [1.807, 2.05) is 43.1 Å².